The van der Waals surface area contributed by atoms with E-state index in [1.807, 2.05) is 4.57 Å². The number of carbonyl (C=O) groups excluding carboxylic acids is 4. The van der Waals surface area contributed by atoms with E-state index >= 15 is 0 Å². The highest BCUT2D eigenvalue weighted by atomic mass is 16.6. The molecule has 10 heteroatoms. The fourth-order valence-electron chi connectivity index (χ4n) is 6.05. The molecule has 0 bridgehead atoms. The monoisotopic (exact) mass is 818 g/mol. The molecule has 3 aromatic rings. The van der Waals surface area contributed by atoms with Crippen LogP contribution in [0.15, 0.2) is 41.2 Å². The third-order valence-corrected chi connectivity index (χ3v) is 9.89. The second-order valence-electron chi connectivity index (χ2n) is 19.9. The van der Waals surface area contributed by atoms with Gasteiger partial charge in [0.1, 0.15) is 17.2 Å². The van der Waals surface area contributed by atoms with Crippen molar-refractivity contribution in [3.05, 3.63) is 46.6 Å². The lowest BCUT2D eigenvalue weighted by Crippen LogP contribution is -2.30. The molecule has 1 aromatic heterocycles. The van der Waals surface area contributed by atoms with E-state index in [9.17, 15) is 24.0 Å². The van der Waals surface area contributed by atoms with Gasteiger partial charge in [-0.1, -0.05) is 77.6 Å². The SMILES string of the molecule is CCCCCCCCCCCCCCn1c(-c2ccc(OC(=O)C(C)(C)C)cc2)c(OC(=O)C(C)(C)C)c(=O)c2c(OC(=O)C(C)(C)C)cc(OC(=O)C(C)(C)C)cc21. The number of aryl methyl sites for hydroxylation is 1. The van der Waals surface area contributed by atoms with E-state index < -0.39 is 51.0 Å². The van der Waals surface area contributed by atoms with Gasteiger partial charge < -0.3 is 23.5 Å². The van der Waals surface area contributed by atoms with E-state index in [1.54, 1.807) is 113 Å². The minimum atomic E-state index is -0.976. The van der Waals surface area contributed by atoms with Crippen molar-refractivity contribution >= 4 is 34.8 Å². The lowest BCUT2D eigenvalue weighted by atomic mass is 9.97. The van der Waals surface area contributed by atoms with Gasteiger partial charge >= 0.3 is 23.9 Å². The summed E-state index contributed by atoms with van der Waals surface area (Å²) in [6.45, 7) is 23.3. The van der Waals surface area contributed by atoms with Crippen molar-refractivity contribution in [2.24, 2.45) is 21.7 Å². The highest BCUT2D eigenvalue weighted by Gasteiger charge is 2.33. The summed E-state index contributed by atoms with van der Waals surface area (Å²) in [4.78, 5) is 68.0. The molecular weight excluding hydrogens is 747 g/mol. The molecule has 0 radical (unpaired) electrons. The maximum atomic E-state index is 14.9. The number of benzene rings is 2. The molecule has 0 atom stereocenters. The van der Waals surface area contributed by atoms with Crippen LogP contribution in [0.4, 0.5) is 0 Å². The van der Waals surface area contributed by atoms with Crippen LogP contribution in [0.25, 0.3) is 22.2 Å². The zero-order valence-corrected chi connectivity index (χ0v) is 38.3. The Balaban J connectivity index is 2.27. The van der Waals surface area contributed by atoms with Gasteiger partial charge in [0.15, 0.2) is 0 Å². The van der Waals surface area contributed by atoms with Crippen molar-refractivity contribution in [1.82, 2.24) is 4.57 Å². The van der Waals surface area contributed by atoms with Crippen LogP contribution < -0.4 is 24.4 Å². The molecule has 0 spiro atoms. The molecule has 0 fully saturated rings. The van der Waals surface area contributed by atoms with Crippen molar-refractivity contribution in [2.45, 2.75) is 174 Å². The van der Waals surface area contributed by atoms with Gasteiger partial charge in [-0.2, -0.15) is 0 Å². The Kier molecular flexibility index (Phi) is 17.1. The topological polar surface area (TPSA) is 127 Å². The van der Waals surface area contributed by atoms with Crippen molar-refractivity contribution < 1.29 is 38.1 Å². The number of esters is 4. The third-order valence-electron chi connectivity index (χ3n) is 9.89. The predicted octanol–water partition coefficient (Wildman–Crippen LogP) is 12.2. The van der Waals surface area contributed by atoms with Crippen LogP contribution in [0, 0.1) is 21.7 Å². The zero-order valence-electron chi connectivity index (χ0n) is 38.3. The Bertz CT molecular complexity index is 1980. The van der Waals surface area contributed by atoms with Gasteiger partial charge in [-0.05, 0) is 114 Å². The van der Waals surface area contributed by atoms with Crippen LogP contribution in [0.2, 0.25) is 0 Å². The summed E-state index contributed by atoms with van der Waals surface area (Å²) in [5, 5.41) is 0.00767. The molecule has 0 N–H and O–H groups in total. The largest absolute Gasteiger partial charge is 0.426 e. The zero-order chi connectivity index (χ0) is 44.3. The van der Waals surface area contributed by atoms with Gasteiger partial charge in [0, 0.05) is 24.2 Å². The smallest absolute Gasteiger partial charge is 0.316 e. The highest BCUT2D eigenvalue weighted by molar-refractivity contribution is 5.95. The Morgan fingerprint density at radius 3 is 1.37 bits per heavy atom. The number of hydrogen-bond donors (Lipinski definition) is 0. The number of aromatic nitrogens is 1. The lowest BCUT2D eigenvalue weighted by Gasteiger charge is -2.25. The third kappa shape index (κ3) is 14.3. The minimum absolute atomic E-state index is 0.00767. The Morgan fingerprint density at radius 2 is 0.915 bits per heavy atom. The van der Waals surface area contributed by atoms with E-state index in [2.05, 4.69) is 6.92 Å². The number of nitrogens with zero attached hydrogens (tertiary/aromatic N) is 1. The number of pyridine rings is 1. The van der Waals surface area contributed by atoms with Crippen LogP contribution in [0.1, 0.15) is 167 Å². The molecule has 3 rings (SSSR count). The van der Waals surface area contributed by atoms with Crippen LogP contribution in [0.3, 0.4) is 0 Å². The summed E-state index contributed by atoms with van der Waals surface area (Å²) in [5.74, 6) is -2.11. The maximum Gasteiger partial charge on any atom is 0.316 e. The number of hydrogen-bond acceptors (Lipinski definition) is 9. The average Bonchev–Trinajstić information content (AvgIpc) is 3.12. The fourth-order valence-corrected chi connectivity index (χ4v) is 6.05. The Morgan fingerprint density at radius 1 is 0.508 bits per heavy atom. The number of fused-ring (bicyclic) bond motifs is 1. The Hall–Kier alpha value is -4.47. The molecule has 0 saturated heterocycles. The van der Waals surface area contributed by atoms with E-state index in [0.717, 1.165) is 19.3 Å². The molecule has 0 saturated carbocycles. The molecule has 326 valence electrons. The van der Waals surface area contributed by atoms with Crippen LogP contribution in [0.5, 0.6) is 23.0 Å². The summed E-state index contributed by atoms with van der Waals surface area (Å²) in [5.41, 5.74) is -3.03. The minimum Gasteiger partial charge on any atom is -0.426 e. The first-order valence-electron chi connectivity index (χ1n) is 21.6. The summed E-state index contributed by atoms with van der Waals surface area (Å²) in [6.07, 6.45) is 13.8. The standard InChI is InChI=1S/C49H71NO9/c1-14-15-16-17-18-19-20-21-22-23-24-25-30-50-36-31-35(57-43(53)47(5,6)7)32-37(58-44(54)48(8,9)10)38(36)40(51)41(59-45(55)49(11,12)13)39(50)33-26-28-34(29-27-33)56-42(52)46(2,3)4/h26-29,31-32H,14-25,30H2,1-13H3. The normalized spacial score (nSPS) is 12.4. The Labute approximate surface area is 352 Å². The number of rotatable bonds is 18. The van der Waals surface area contributed by atoms with Crippen LogP contribution in [-0.2, 0) is 25.7 Å². The van der Waals surface area contributed by atoms with Crippen LogP contribution >= 0.6 is 0 Å². The fraction of sp³-hybridized carbons (Fsp3) is 0.612. The highest BCUT2D eigenvalue weighted by Crippen LogP contribution is 2.40. The molecule has 0 unspecified atom stereocenters. The first-order valence-corrected chi connectivity index (χ1v) is 21.6. The lowest BCUT2D eigenvalue weighted by molar-refractivity contribution is -0.144. The average molecular weight is 818 g/mol. The molecule has 0 aliphatic carbocycles. The van der Waals surface area contributed by atoms with Crippen molar-refractivity contribution in [2.75, 3.05) is 0 Å². The molecule has 0 aliphatic heterocycles. The van der Waals surface area contributed by atoms with Gasteiger partial charge in [0.05, 0.1) is 38.3 Å². The maximum absolute atomic E-state index is 14.9. The molecule has 1 heterocycles. The van der Waals surface area contributed by atoms with Crippen molar-refractivity contribution in [3.63, 3.8) is 0 Å². The summed E-state index contributed by atoms with van der Waals surface area (Å²) in [6, 6.07) is 9.67. The van der Waals surface area contributed by atoms with Gasteiger partial charge in [-0.3, -0.25) is 24.0 Å². The summed E-state index contributed by atoms with van der Waals surface area (Å²) < 4.78 is 25.5. The van der Waals surface area contributed by atoms with Crippen molar-refractivity contribution in [3.8, 4) is 34.3 Å². The first kappa shape index (κ1) is 48.9. The number of unbranched alkanes of at least 4 members (excludes halogenated alkanes) is 11. The number of carbonyl (C=O) groups is 4. The molecule has 2 aromatic carbocycles. The quantitative estimate of drug-likeness (QED) is 0.0700. The van der Waals surface area contributed by atoms with Crippen LogP contribution in [-0.4, -0.2) is 28.4 Å². The summed E-state index contributed by atoms with van der Waals surface area (Å²) in [7, 11) is 0. The number of ether oxygens (including phenoxy) is 4. The second kappa shape index (κ2) is 20.7. The first-order chi connectivity index (χ1) is 27.4. The molecule has 10 nitrogen and oxygen atoms in total. The van der Waals surface area contributed by atoms with Crippen molar-refractivity contribution in [1.29, 1.82) is 0 Å². The van der Waals surface area contributed by atoms with Gasteiger partial charge in [-0.25, -0.2) is 0 Å². The second-order valence-corrected chi connectivity index (χ2v) is 19.9. The van der Waals surface area contributed by atoms with E-state index in [4.69, 9.17) is 18.9 Å². The molecular formula is C49H71NO9. The van der Waals surface area contributed by atoms with E-state index in [-0.39, 0.29) is 22.6 Å². The molecule has 59 heavy (non-hydrogen) atoms. The van der Waals surface area contributed by atoms with Gasteiger partial charge in [-0.15, -0.1) is 0 Å². The van der Waals surface area contributed by atoms with E-state index in [1.165, 1.54) is 57.4 Å². The van der Waals surface area contributed by atoms with Gasteiger partial charge in [0.2, 0.25) is 11.2 Å². The molecule has 0 amide bonds. The molecule has 0 aliphatic rings. The summed E-state index contributed by atoms with van der Waals surface area (Å²) >= 11 is 0. The van der Waals surface area contributed by atoms with Gasteiger partial charge in [0.25, 0.3) is 0 Å². The predicted molar refractivity (Wildman–Crippen MR) is 235 cm³/mol. The van der Waals surface area contributed by atoms with E-state index in [0.29, 0.717) is 35.5 Å².